The summed E-state index contributed by atoms with van der Waals surface area (Å²) in [7, 11) is 0. The van der Waals surface area contributed by atoms with E-state index in [-0.39, 0.29) is 0 Å². The van der Waals surface area contributed by atoms with Crippen molar-refractivity contribution in [3.63, 3.8) is 0 Å². The molecule has 1 fully saturated rings. The molecule has 1 aliphatic heterocycles. The van der Waals surface area contributed by atoms with Crippen LogP contribution >= 0.6 is 23.2 Å². The van der Waals surface area contributed by atoms with Gasteiger partial charge in [-0.3, -0.25) is 9.80 Å². The fraction of sp³-hybridized carbons (Fsp3) is 0.615. The number of hydrogen-bond donors (Lipinski definition) is 0. The van der Waals surface area contributed by atoms with Crippen molar-refractivity contribution in [1.29, 1.82) is 0 Å². The van der Waals surface area contributed by atoms with Crippen molar-refractivity contribution < 1.29 is 0 Å². The first-order chi connectivity index (χ1) is 8.60. The first kappa shape index (κ1) is 14.1. The van der Waals surface area contributed by atoms with E-state index in [1.807, 2.05) is 6.07 Å². The highest BCUT2D eigenvalue weighted by molar-refractivity contribution is 6.32. The third kappa shape index (κ3) is 3.35. The van der Waals surface area contributed by atoms with E-state index in [0.29, 0.717) is 16.3 Å². The van der Waals surface area contributed by atoms with E-state index in [9.17, 15) is 0 Å². The predicted octanol–water partition coefficient (Wildman–Crippen LogP) is 2.91. The molecule has 1 aliphatic rings. The van der Waals surface area contributed by atoms with Crippen molar-refractivity contribution >= 4 is 23.2 Å². The molecular weight excluding hydrogens is 269 g/mol. The van der Waals surface area contributed by atoms with Gasteiger partial charge >= 0.3 is 0 Å². The van der Waals surface area contributed by atoms with Crippen LogP contribution in [0.25, 0.3) is 0 Å². The van der Waals surface area contributed by atoms with E-state index < -0.39 is 0 Å². The van der Waals surface area contributed by atoms with Gasteiger partial charge in [0.05, 0.1) is 0 Å². The van der Waals surface area contributed by atoms with E-state index in [0.717, 1.165) is 38.3 Å². The standard InChI is InChI=1S/C13H19Cl2N3/c1-3-18-7-6-17(8-10(18)2)9-11-4-5-12(14)16-13(11)15/h4-5,10H,3,6-9H2,1-2H3. The van der Waals surface area contributed by atoms with Crippen molar-refractivity contribution in [2.75, 3.05) is 26.2 Å². The molecule has 0 N–H and O–H groups in total. The number of likely N-dealkylation sites (N-methyl/N-ethyl adjacent to an activating group) is 1. The molecule has 2 rings (SSSR count). The highest BCUT2D eigenvalue weighted by Crippen LogP contribution is 2.20. The van der Waals surface area contributed by atoms with Crippen LogP contribution in [0, 0.1) is 0 Å². The maximum Gasteiger partial charge on any atom is 0.135 e. The lowest BCUT2D eigenvalue weighted by molar-refractivity contribution is 0.0834. The van der Waals surface area contributed by atoms with Crippen LogP contribution in [0.4, 0.5) is 0 Å². The van der Waals surface area contributed by atoms with E-state index in [4.69, 9.17) is 23.2 Å². The van der Waals surface area contributed by atoms with Gasteiger partial charge in [0.15, 0.2) is 0 Å². The molecule has 0 amide bonds. The summed E-state index contributed by atoms with van der Waals surface area (Å²) in [5.74, 6) is 0. The van der Waals surface area contributed by atoms with Gasteiger partial charge in [-0.1, -0.05) is 36.2 Å². The van der Waals surface area contributed by atoms with E-state index in [1.165, 1.54) is 0 Å². The van der Waals surface area contributed by atoms with E-state index >= 15 is 0 Å². The Balaban J connectivity index is 1.98. The Kier molecular flexibility index (Phi) is 4.84. The molecule has 1 atom stereocenters. The van der Waals surface area contributed by atoms with E-state index in [1.54, 1.807) is 6.07 Å². The van der Waals surface area contributed by atoms with Crippen LogP contribution < -0.4 is 0 Å². The lowest BCUT2D eigenvalue weighted by Gasteiger charge is -2.39. The molecule has 1 saturated heterocycles. The zero-order valence-electron chi connectivity index (χ0n) is 10.9. The topological polar surface area (TPSA) is 19.4 Å². The zero-order chi connectivity index (χ0) is 13.1. The molecule has 1 aromatic rings. The van der Waals surface area contributed by atoms with Crippen LogP contribution in [0.15, 0.2) is 12.1 Å². The van der Waals surface area contributed by atoms with Gasteiger partial charge in [-0.05, 0) is 19.5 Å². The summed E-state index contributed by atoms with van der Waals surface area (Å²) in [5, 5.41) is 0.973. The minimum atomic E-state index is 0.452. The van der Waals surface area contributed by atoms with Gasteiger partial charge in [-0.2, -0.15) is 0 Å². The lowest BCUT2D eigenvalue weighted by Crippen LogP contribution is -2.51. The second kappa shape index (κ2) is 6.20. The van der Waals surface area contributed by atoms with Crippen LogP contribution in [-0.4, -0.2) is 47.0 Å². The molecule has 0 aromatic carbocycles. The lowest BCUT2D eigenvalue weighted by atomic mass is 10.1. The Morgan fingerprint density at radius 1 is 1.33 bits per heavy atom. The van der Waals surface area contributed by atoms with Crippen LogP contribution in [0.3, 0.4) is 0 Å². The van der Waals surface area contributed by atoms with Crippen LogP contribution in [0.5, 0.6) is 0 Å². The molecular formula is C13H19Cl2N3. The Labute approximate surface area is 119 Å². The highest BCUT2D eigenvalue weighted by Gasteiger charge is 2.22. The highest BCUT2D eigenvalue weighted by atomic mass is 35.5. The number of piperazine rings is 1. The Hall–Kier alpha value is -0.350. The normalized spacial score (nSPS) is 22.3. The maximum absolute atomic E-state index is 6.11. The van der Waals surface area contributed by atoms with Crippen LogP contribution in [0.1, 0.15) is 19.4 Å². The largest absolute Gasteiger partial charge is 0.298 e. The summed E-state index contributed by atoms with van der Waals surface area (Å²) in [5.41, 5.74) is 1.05. The van der Waals surface area contributed by atoms with Crippen molar-refractivity contribution in [2.45, 2.75) is 26.4 Å². The molecule has 1 aromatic heterocycles. The molecule has 0 spiro atoms. The number of rotatable bonds is 3. The smallest absolute Gasteiger partial charge is 0.135 e. The van der Waals surface area contributed by atoms with Crippen molar-refractivity contribution in [2.24, 2.45) is 0 Å². The fourth-order valence-corrected chi connectivity index (χ4v) is 2.89. The first-order valence-corrected chi connectivity index (χ1v) is 7.13. The molecule has 2 heterocycles. The SMILES string of the molecule is CCN1CCN(Cc2ccc(Cl)nc2Cl)CC1C. The second-order valence-electron chi connectivity index (χ2n) is 4.80. The number of hydrogen-bond acceptors (Lipinski definition) is 3. The number of pyridine rings is 1. The third-order valence-corrected chi connectivity index (χ3v) is 4.08. The van der Waals surface area contributed by atoms with E-state index in [2.05, 4.69) is 28.6 Å². The minimum Gasteiger partial charge on any atom is -0.298 e. The Bertz CT molecular complexity index is 411. The zero-order valence-corrected chi connectivity index (χ0v) is 12.4. The van der Waals surface area contributed by atoms with Gasteiger partial charge in [0.1, 0.15) is 10.3 Å². The van der Waals surface area contributed by atoms with Crippen molar-refractivity contribution in [1.82, 2.24) is 14.8 Å². The van der Waals surface area contributed by atoms with Crippen molar-refractivity contribution in [3.05, 3.63) is 28.0 Å². The Morgan fingerprint density at radius 3 is 2.72 bits per heavy atom. The molecule has 100 valence electrons. The summed E-state index contributed by atoms with van der Waals surface area (Å²) >= 11 is 11.9. The number of halogens is 2. The molecule has 0 bridgehead atoms. The minimum absolute atomic E-state index is 0.452. The molecule has 3 nitrogen and oxygen atoms in total. The number of nitrogens with zero attached hydrogens (tertiary/aromatic N) is 3. The molecule has 0 radical (unpaired) electrons. The van der Waals surface area contributed by atoms with Crippen molar-refractivity contribution in [3.8, 4) is 0 Å². The van der Waals surface area contributed by atoms with Gasteiger partial charge in [-0.15, -0.1) is 0 Å². The maximum atomic E-state index is 6.11. The summed E-state index contributed by atoms with van der Waals surface area (Å²) in [6, 6.07) is 4.37. The van der Waals surface area contributed by atoms with Gasteiger partial charge in [0.2, 0.25) is 0 Å². The third-order valence-electron chi connectivity index (χ3n) is 3.54. The first-order valence-electron chi connectivity index (χ1n) is 6.37. The van der Waals surface area contributed by atoms with Crippen LogP contribution in [-0.2, 0) is 6.54 Å². The molecule has 0 saturated carbocycles. The average molecular weight is 288 g/mol. The summed E-state index contributed by atoms with van der Waals surface area (Å²) in [4.78, 5) is 9.01. The molecule has 18 heavy (non-hydrogen) atoms. The van der Waals surface area contributed by atoms with Gasteiger partial charge < -0.3 is 0 Å². The molecule has 5 heteroatoms. The van der Waals surface area contributed by atoms with Gasteiger partial charge in [0.25, 0.3) is 0 Å². The second-order valence-corrected chi connectivity index (χ2v) is 5.54. The molecule has 1 unspecified atom stereocenters. The fourth-order valence-electron chi connectivity index (χ4n) is 2.48. The number of aromatic nitrogens is 1. The Morgan fingerprint density at radius 2 is 2.11 bits per heavy atom. The van der Waals surface area contributed by atoms with Gasteiger partial charge in [-0.25, -0.2) is 4.98 Å². The van der Waals surface area contributed by atoms with Gasteiger partial charge in [0, 0.05) is 37.8 Å². The average Bonchev–Trinajstić information content (AvgIpc) is 2.33. The molecule has 0 aliphatic carbocycles. The summed E-state index contributed by atoms with van der Waals surface area (Å²) < 4.78 is 0. The monoisotopic (exact) mass is 287 g/mol. The summed E-state index contributed by atoms with van der Waals surface area (Å²) in [6.45, 7) is 9.74. The quantitative estimate of drug-likeness (QED) is 0.797. The summed E-state index contributed by atoms with van der Waals surface area (Å²) in [6.07, 6.45) is 0. The predicted molar refractivity (Wildman–Crippen MR) is 76.2 cm³/mol. The van der Waals surface area contributed by atoms with Crippen LogP contribution in [0.2, 0.25) is 10.3 Å².